The van der Waals surface area contributed by atoms with Crippen LogP contribution in [0.4, 0.5) is 10.5 Å². The van der Waals surface area contributed by atoms with Gasteiger partial charge in [0.1, 0.15) is 5.75 Å². The van der Waals surface area contributed by atoms with Gasteiger partial charge in [0.25, 0.3) is 0 Å². The van der Waals surface area contributed by atoms with Gasteiger partial charge < -0.3 is 28.6 Å². The van der Waals surface area contributed by atoms with Crippen LogP contribution in [0.5, 0.6) is 11.5 Å². The van der Waals surface area contributed by atoms with E-state index in [1.54, 1.807) is 7.11 Å². The van der Waals surface area contributed by atoms with Gasteiger partial charge in [0.15, 0.2) is 5.75 Å². The number of anilines is 1. The Kier molecular flexibility index (Phi) is 5.73. The first-order valence-electron chi connectivity index (χ1n) is 10.1. The van der Waals surface area contributed by atoms with Crippen LogP contribution in [0.1, 0.15) is 17.3 Å². The Morgan fingerprint density at radius 2 is 1.90 bits per heavy atom. The monoisotopic (exact) mass is 443 g/mol. The number of hydrogen-bond acceptors (Lipinski definition) is 6. The summed E-state index contributed by atoms with van der Waals surface area (Å²) >= 11 is 0. The first-order valence-corrected chi connectivity index (χ1v) is 10.1. The van der Waals surface area contributed by atoms with Gasteiger partial charge >= 0.3 is 6.16 Å². The summed E-state index contributed by atoms with van der Waals surface area (Å²) in [7, 11) is 5.10. The molecule has 0 spiro atoms. The number of fused-ring (bicyclic) bond motifs is 7. The van der Waals surface area contributed by atoms with Crippen molar-refractivity contribution in [3.05, 3.63) is 53.7 Å². The minimum atomic E-state index is -0.717. The number of benzene rings is 2. The summed E-state index contributed by atoms with van der Waals surface area (Å²) in [4.78, 5) is 16.9. The number of ether oxygens (including phenoxy) is 3. The molecule has 1 atom stereocenters. The Labute approximate surface area is 187 Å². The number of rotatable bonds is 2. The van der Waals surface area contributed by atoms with Crippen LogP contribution in [0, 0.1) is 0 Å². The first kappa shape index (κ1) is 21.3. The summed E-state index contributed by atoms with van der Waals surface area (Å²) in [5, 5.41) is 0.849. The molecule has 0 N–H and O–H groups in total. The zero-order valence-electron chi connectivity index (χ0n) is 17.8. The summed E-state index contributed by atoms with van der Waals surface area (Å²) < 4.78 is 18.3. The predicted octanol–water partition coefficient (Wildman–Crippen LogP) is 4.07. The maximum atomic E-state index is 12.2. The maximum Gasteiger partial charge on any atom is 0.513 e. The highest BCUT2D eigenvalue weighted by Gasteiger charge is 2.37. The van der Waals surface area contributed by atoms with Crippen LogP contribution >= 0.6 is 12.4 Å². The van der Waals surface area contributed by atoms with Crippen LogP contribution < -0.4 is 14.4 Å². The Morgan fingerprint density at radius 3 is 2.68 bits per heavy atom. The van der Waals surface area contributed by atoms with E-state index in [1.807, 2.05) is 18.2 Å². The van der Waals surface area contributed by atoms with E-state index in [0.29, 0.717) is 12.3 Å². The molecule has 1 saturated heterocycles. The van der Waals surface area contributed by atoms with Crippen molar-refractivity contribution in [3.63, 3.8) is 0 Å². The van der Waals surface area contributed by atoms with Gasteiger partial charge in [0.05, 0.1) is 38.0 Å². The van der Waals surface area contributed by atoms with E-state index >= 15 is 0 Å². The molecule has 0 radical (unpaired) electrons. The number of piperazine rings is 1. The van der Waals surface area contributed by atoms with Crippen LogP contribution in [0.15, 0.2) is 42.5 Å². The zero-order chi connectivity index (χ0) is 20.8. The highest BCUT2D eigenvalue weighted by molar-refractivity contribution is 5.92. The van der Waals surface area contributed by atoms with E-state index in [0.717, 1.165) is 42.0 Å². The lowest BCUT2D eigenvalue weighted by atomic mass is 10.1. The van der Waals surface area contributed by atoms with E-state index in [2.05, 4.69) is 45.7 Å². The van der Waals surface area contributed by atoms with Gasteiger partial charge in [-0.05, 0) is 36.9 Å². The zero-order valence-corrected chi connectivity index (χ0v) is 18.6. The molecular formula is C23H26ClN3O4. The van der Waals surface area contributed by atoms with Crippen LogP contribution in [0.25, 0.3) is 10.9 Å². The fraction of sp³-hybridized carbons (Fsp3) is 0.348. The molecule has 164 valence electrons. The average molecular weight is 444 g/mol. The maximum absolute atomic E-state index is 12.2. The molecular weight excluding hydrogens is 418 g/mol. The molecule has 0 bridgehead atoms. The highest BCUT2D eigenvalue weighted by Crippen LogP contribution is 2.46. The van der Waals surface area contributed by atoms with Crippen LogP contribution in [0.3, 0.4) is 0 Å². The molecule has 0 amide bonds. The standard InChI is InChI=1S/C23H25N3O4.ClH/c1-24-10-11-25-18-7-5-4-6-15(18)13-26-19-9-8-16(28-2)12-17(19)22(30-23(27)29-3)21(26)20(25)14-24;/h4-9,12,20H,10-11,13-14H2,1-3H3;1H. The second-order valence-corrected chi connectivity index (χ2v) is 7.84. The van der Waals surface area contributed by atoms with Gasteiger partial charge in [-0.3, -0.25) is 0 Å². The van der Waals surface area contributed by atoms with Crippen molar-refractivity contribution >= 4 is 35.2 Å². The SMILES string of the molecule is COC(=O)Oc1c2n(c3ccc(OC)cc13)Cc1ccccc1N1CCN(C)CC21.Cl. The number of hydrogen-bond donors (Lipinski definition) is 0. The first-order chi connectivity index (χ1) is 14.6. The van der Waals surface area contributed by atoms with Gasteiger partial charge in [-0.1, -0.05) is 18.2 Å². The summed E-state index contributed by atoms with van der Waals surface area (Å²) in [6.07, 6.45) is -0.717. The average Bonchev–Trinajstić information content (AvgIpc) is 2.97. The third-order valence-electron chi connectivity index (χ3n) is 6.14. The van der Waals surface area contributed by atoms with Crippen LogP contribution in [0.2, 0.25) is 0 Å². The summed E-state index contributed by atoms with van der Waals surface area (Å²) in [6, 6.07) is 14.5. The molecule has 8 heteroatoms. The highest BCUT2D eigenvalue weighted by atomic mass is 35.5. The minimum Gasteiger partial charge on any atom is -0.497 e. The molecule has 2 aliphatic rings. The molecule has 1 aromatic heterocycles. The number of para-hydroxylation sites is 1. The number of halogens is 1. The van der Waals surface area contributed by atoms with E-state index < -0.39 is 6.16 Å². The molecule has 31 heavy (non-hydrogen) atoms. The van der Waals surface area contributed by atoms with E-state index in [9.17, 15) is 4.79 Å². The lowest BCUT2D eigenvalue weighted by Gasteiger charge is -2.41. The van der Waals surface area contributed by atoms with Crippen molar-refractivity contribution in [1.82, 2.24) is 9.47 Å². The number of aromatic nitrogens is 1. The van der Waals surface area contributed by atoms with Gasteiger partial charge in [0, 0.05) is 30.7 Å². The molecule has 7 nitrogen and oxygen atoms in total. The van der Waals surface area contributed by atoms with Crippen LogP contribution in [-0.4, -0.2) is 56.5 Å². The number of likely N-dealkylation sites (N-methyl/N-ethyl adjacent to an activating group) is 1. The van der Waals surface area contributed by atoms with E-state index in [1.165, 1.54) is 18.4 Å². The van der Waals surface area contributed by atoms with Crippen molar-refractivity contribution in [1.29, 1.82) is 0 Å². The summed E-state index contributed by atoms with van der Waals surface area (Å²) in [6.45, 7) is 3.42. The van der Waals surface area contributed by atoms with Gasteiger partial charge in [-0.25, -0.2) is 4.79 Å². The summed E-state index contributed by atoms with van der Waals surface area (Å²) in [5.74, 6) is 1.27. The normalized spacial score (nSPS) is 17.6. The number of nitrogens with zero attached hydrogens (tertiary/aromatic N) is 3. The topological polar surface area (TPSA) is 56.2 Å². The van der Waals surface area contributed by atoms with Crippen molar-refractivity contribution in [2.24, 2.45) is 0 Å². The Hall–Kier alpha value is -2.90. The lowest BCUT2D eigenvalue weighted by molar-refractivity contribution is 0.121. The van der Waals surface area contributed by atoms with Crippen molar-refractivity contribution in [2.75, 3.05) is 45.8 Å². The smallest absolute Gasteiger partial charge is 0.497 e. The molecule has 0 saturated carbocycles. The summed E-state index contributed by atoms with van der Waals surface area (Å²) in [5.41, 5.74) is 4.49. The third-order valence-corrected chi connectivity index (χ3v) is 6.14. The Bertz CT molecular complexity index is 1130. The molecule has 2 aliphatic heterocycles. The molecule has 5 rings (SSSR count). The fourth-order valence-electron chi connectivity index (χ4n) is 4.72. The van der Waals surface area contributed by atoms with Gasteiger partial charge in [0.2, 0.25) is 0 Å². The molecule has 3 heterocycles. The molecule has 1 fully saturated rings. The quantitative estimate of drug-likeness (QED) is 0.556. The van der Waals surface area contributed by atoms with Gasteiger partial charge in [-0.2, -0.15) is 0 Å². The lowest BCUT2D eigenvalue weighted by Crippen LogP contribution is -2.47. The largest absolute Gasteiger partial charge is 0.513 e. The predicted molar refractivity (Wildman–Crippen MR) is 122 cm³/mol. The van der Waals surface area contributed by atoms with E-state index in [4.69, 9.17) is 14.2 Å². The van der Waals surface area contributed by atoms with Crippen molar-refractivity contribution in [3.8, 4) is 11.5 Å². The Balaban J connectivity index is 0.00000231. The van der Waals surface area contributed by atoms with Crippen molar-refractivity contribution in [2.45, 2.75) is 12.6 Å². The van der Waals surface area contributed by atoms with E-state index in [-0.39, 0.29) is 18.4 Å². The molecule has 3 aromatic rings. The fourth-order valence-corrected chi connectivity index (χ4v) is 4.72. The Morgan fingerprint density at radius 1 is 1.10 bits per heavy atom. The van der Waals surface area contributed by atoms with Gasteiger partial charge in [-0.15, -0.1) is 12.4 Å². The molecule has 1 unspecified atom stereocenters. The molecule has 0 aliphatic carbocycles. The van der Waals surface area contributed by atoms with Crippen molar-refractivity contribution < 1.29 is 19.0 Å². The van der Waals surface area contributed by atoms with Crippen LogP contribution in [-0.2, 0) is 11.3 Å². The second-order valence-electron chi connectivity index (χ2n) is 7.84. The second kappa shape index (κ2) is 8.32. The minimum absolute atomic E-state index is 0. The number of carbonyl (C=O) groups excluding carboxylic acids is 1. The molecule has 2 aromatic carbocycles. The number of methoxy groups -OCH3 is 2. The third kappa shape index (κ3) is 3.47. The number of carbonyl (C=O) groups is 1.